The van der Waals surface area contributed by atoms with Gasteiger partial charge in [-0.3, -0.25) is 9.59 Å². The first-order chi connectivity index (χ1) is 8.08. The number of carbonyl (C=O) groups excluding carboxylic acids is 2. The van der Waals surface area contributed by atoms with Crippen LogP contribution in [0.25, 0.3) is 0 Å². The van der Waals surface area contributed by atoms with Crippen molar-refractivity contribution in [2.45, 2.75) is 12.3 Å². The Bertz CT molecular complexity index is 496. The highest BCUT2D eigenvalue weighted by atomic mass is 35.5. The minimum Gasteiger partial charge on any atom is -0.332 e. The van der Waals surface area contributed by atoms with Gasteiger partial charge in [-0.15, -0.1) is 0 Å². The van der Waals surface area contributed by atoms with Crippen molar-refractivity contribution < 1.29 is 14.0 Å². The van der Waals surface area contributed by atoms with Gasteiger partial charge in [-0.2, -0.15) is 0 Å². The van der Waals surface area contributed by atoms with Gasteiger partial charge in [-0.1, -0.05) is 12.1 Å². The molecule has 17 heavy (non-hydrogen) atoms. The summed E-state index contributed by atoms with van der Waals surface area (Å²) in [5, 5.41) is 1.83. The first-order valence-corrected chi connectivity index (χ1v) is 5.40. The van der Waals surface area contributed by atoms with Gasteiger partial charge in [0.25, 0.3) is 0 Å². The molecule has 0 saturated heterocycles. The Hall–Kier alpha value is -1.68. The molecule has 3 nitrogen and oxygen atoms in total. The molecule has 1 aromatic carbocycles. The summed E-state index contributed by atoms with van der Waals surface area (Å²) in [7, 11) is 0. The second-order valence-electron chi connectivity index (χ2n) is 3.75. The highest BCUT2D eigenvalue weighted by Crippen LogP contribution is 2.31. The summed E-state index contributed by atoms with van der Waals surface area (Å²) in [6.45, 7) is 0. The van der Waals surface area contributed by atoms with E-state index in [1.807, 2.05) is 0 Å². The molecule has 1 amide bonds. The van der Waals surface area contributed by atoms with Crippen LogP contribution in [0.3, 0.4) is 0 Å². The van der Waals surface area contributed by atoms with E-state index >= 15 is 0 Å². The Morgan fingerprint density at radius 3 is 2.59 bits per heavy atom. The Morgan fingerprint density at radius 1 is 1.35 bits per heavy atom. The topological polar surface area (TPSA) is 46.2 Å². The quantitative estimate of drug-likeness (QED) is 0.821. The largest absolute Gasteiger partial charge is 0.332 e. The zero-order chi connectivity index (χ0) is 12.4. The second kappa shape index (κ2) is 4.67. The molecule has 1 aliphatic rings. The molecule has 0 fully saturated rings. The SMILES string of the molecule is O=C1C[C@@H](c2ccc(F)cc2)C(C(=O)Cl)=CN1. The molecule has 0 aromatic heterocycles. The van der Waals surface area contributed by atoms with Gasteiger partial charge in [0.15, 0.2) is 0 Å². The fraction of sp³-hybridized carbons (Fsp3) is 0.167. The molecule has 1 N–H and O–H groups in total. The monoisotopic (exact) mass is 253 g/mol. The van der Waals surface area contributed by atoms with Crippen molar-refractivity contribution in [2.24, 2.45) is 0 Å². The molecule has 0 spiro atoms. The highest BCUT2D eigenvalue weighted by Gasteiger charge is 2.27. The van der Waals surface area contributed by atoms with Crippen molar-refractivity contribution in [2.75, 3.05) is 0 Å². The lowest BCUT2D eigenvalue weighted by atomic mass is 9.87. The van der Waals surface area contributed by atoms with Crippen LogP contribution in [-0.2, 0) is 9.59 Å². The highest BCUT2D eigenvalue weighted by molar-refractivity contribution is 6.67. The third-order valence-corrected chi connectivity index (χ3v) is 2.87. The Morgan fingerprint density at radius 2 is 2.00 bits per heavy atom. The molecule has 0 radical (unpaired) electrons. The van der Waals surface area contributed by atoms with E-state index in [-0.39, 0.29) is 18.1 Å². The molecular formula is C12H9ClFNO2. The third-order valence-electron chi connectivity index (χ3n) is 2.65. The van der Waals surface area contributed by atoms with Gasteiger partial charge >= 0.3 is 0 Å². The van der Waals surface area contributed by atoms with Crippen molar-refractivity contribution in [3.8, 4) is 0 Å². The zero-order valence-corrected chi connectivity index (χ0v) is 9.50. The van der Waals surface area contributed by atoms with Crippen molar-refractivity contribution >= 4 is 22.8 Å². The Labute approximate surface area is 102 Å². The number of halogens is 2. The van der Waals surface area contributed by atoms with Crippen LogP contribution in [0.4, 0.5) is 4.39 Å². The number of nitrogens with one attached hydrogen (secondary N) is 1. The van der Waals surface area contributed by atoms with Gasteiger partial charge in [-0.05, 0) is 29.3 Å². The summed E-state index contributed by atoms with van der Waals surface area (Å²) in [5.74, 6) is -0.966. The summed E-state index contributed by atoms with van der Waals surface area (Å²) in [6.07, 6.45) is 1.45. The fourth-order valence-corrected chi connectivity index (χ4v) is 1.99. The molecule has 88 valence electrons. The van der Waals surface area contributed by atoms with Crippen molar-refractivity contribution in [3.63, 3.8) is 0 Å². The van der Waals surface area contributed by atoms with Crippen molar-refractivity contribution in [3.05, 3.63) is 47.4 Å². The number of hydrogen-bond donors (Lipinski definition) is 1. The van der Waals surface area contributed by atoms with Crippen LogP contribution in [0.2, 0.25) is 0 Å². The number of benzene rings is 1. The lowest BCUT2D eigenvalue weighted by molar-refractivity contribution is -0.120. The smallest absolute Gasteiger partial charge is 0.250 e. The first kappa shape index (κ1) is 11.8. The van der Waals surface area contributed by atoms with E-state index < -0.39 is 11.2 Å². The Balaban J connectivity index is 2.37. The molecule has 1 heterocycles. The maximum Gasteiger partial charge on any atom is 0.250 e. The molecule has 0 aliphatic carbocycles. The van der Waals surface area contributed by atoms with E-state index in [1.165, 1.54) is 18.3 Å². The molecule has 1 aliphatic heterocycles. The van der Waals surface area contributed by atoms with E-state index in [1.54, 1.807) is 12.1 Å². The number of amides is 1. The van der Waals surface area contributed by atoms with Crippen LogP contribution >= 0.6 is 11.6 Å². The predicted molar refractivity (Wildman–Crippen MR) is 60.8 cm³/mol. The van der Waals surface area contributed by atoms with E-state index in [4.69, 9.17) is 11.6 Å². The van der Waals surface area contributed by atoms with E-state index in [2.05, 4.69) is 5.32 Å². The summed E-state index contributed by atoms with van der Waals surface area (Å²) >= 11 is 5.45. The van der Waals surface area contributed by atoms with Crippen LogP contribution in [0.1, 0.15) is 17.9 Å². The Kier molecular flexibility index (Phi) is 3.24. The maximum absolute atomic E-state index is 12.8. The predicted octanol–water partition coefficient (Wildman–Crippen LogP) is 2.08. The minimum absolute atomic E-state index is 0.135. The summed E-state index contributed by atoms with van der Waals surface area (Å²) in [5.41, 5.74) is 1.01. The normalized spacial score (nSPS) is 19.5. The maximum atomic E-state index is 12.8. The van der Waals surface area contributed by atoms with E-state index in [9.17, 15) is 14.0 Å². The van der Waals surface area contributed by atoms with Crippen LogP contribution in [0, 0.1) is 5.82 Å². The lowest BCUT2D eigenvalue weighted by Crippen LogP contribution is -2.28. The van der Waals surface area contributed by atoms with Gasteiger partial charge in [0.2, 0.25) is 11.1 Å². The van der Waals surface area contributed by atoms with Crippen LogP contribution in [-0.4, -0.2) is 11.1 Å². The summed E-state index contributed by atoms with van der Waals surface area (Å²) < 4.78 is 12.8. The standard InChI is InChI=1S/C12H9ClFNO2/c13-12(17)10-6-15-11(16)5-9(10)7-1-3-8(14)4-2-7/h1-4,6,9H,5H2,(H,15,16)/t9-/m0/s1. The molecule has 5 heteroatoms. The van der Waals surface area contributed by atoms with Gasteiger partial charge in [-0.25, -0.2) is 4.39 Å². The van der Waals surface area contributed by atoms with Crippen LogP contribution in [0.15, 0.2) is 36.0 Å². The van der Waals surface area contributed by atoms with Crippen LogP contribution in [0.5, 0.6) is 0 Å². The van der Waals surface area contributed by atoms with Gasteiger partial charge in [0, 0.05) is 24.1 Å². The lowest BCUT2D eigenvalue weighted by Gasteiger charge is -2.22. The first-order valence-electron chi connectivity index (χ1n) is 5.02. The number of carbonyl (C=O) groups is 2. The molecule has 0 unspecified atom stereocenters. The summed E-state index contributed by atoms with van der Waals surface area (Å²) in [6, 6.07) is 5.68. The molecule has 2 rings (SSSR count). The van der Waals surface area contributed by atoms with Crippen molar-refractivity contribution in [1.82, 2.24) is 5.32 Å². The van der Waals surface area contributed by atoms with Gasteiger partial charge in [0.1, 0.15) is 5.82 Å². The number of rotatable bonds is 2. The van der Waals surface area contributed by atoms with E-state index in [0.717, 1.165) is 0 Å². The number of hydrogen-bond acceptors (Lipinski definition) is 2. The molecule has 1 atom stereocenters. The van der Waals surface area contributed by atoms with Gasteiger partial charge < -0.3 is 5.32 Å². The summed E-state index contributed by atoms with van der Waals surface area (Å²) in [4.78, 5) is 22.5. The molecule has 1 aromatic rings. The number of allylic oxidation sites excluding steroid dienone is 1. The average molecular weight is 254 g/mol. The third kappa shape index (κ3) is 2.53. The zero-order valence-electron chi connectivity index (χ0n) is 8.74. The molecular weight excluding hydrogens is 245 g/mol. The second-order valence-corrected chi connectivity index (χ2v) is 4.09. The van der Waals surface area contributed by atoms with Crippen molar-refractivity contribution in [1.29, 1.82) is 0 Å². The molecule has 0 bridgehead atoms. The fourth-order valence-electron chi connectivity index (χ4n) is 1.80. The minimum atomic E-state index is -0.612. The molecule has 0 saturated carbocycles. The van der Waals surface area contributed by atoms with E-state index in [0.29, 0.717) is 11.1 Å². The average Bonchev–Trinajstić information content (AvgIpc) is 2.29. The van der Waals surface area contributed by atoms with Gasteiger partial charge in [0.05, 0.1) is 0 Å². The van der Waals surface area contributed by atoms with Crippen LogP contribution < -0.4 is 5.32 Å².